The molecule has 0 radical (unpaired) electrons. The van der Waals surface area contributed by atoms with Crippen LogP contribution in [0.3, 0.4) is 0 Å². The van der Waals surface area contributed by atoms with Crippen molar-refractivity contribution in [3.8, 4) is 0 Å². The van der Waals surface area contributed by atoms with Crippen LogP contribution in [0.25, 0.3) is 10.8 Å². The molecular formula is C13H13N. The lowest BCUT2D eigenvalue weighted by atomic mass is 10.0. The lowest BCUT2D eigenvalue weighted by molar-refractivity contribution is 1.42. The molecule has 0 spiro atoms. The molecule has 70 valence electrons. The van der Waals surface area contributed by atoms with Gasteiger partial charge in [0.2, 0.25) is 0 Å². The number of fused-ring (bicyclic) bond motifs is 1. The van der Waals surface area contributed by atoms with Crippen LogP contribution >= 0.6 is 0 Å². The summed E-state index contributed by atoms with van der Waals surface area (Å²) in [6, 6.07) is 14.7. The molecule has 2 aromatic carbocycles. The summed E-state index contributed by atoms with van der Waals surface area (Å²) in [7, 11) is 1.83. The number of rotatable bonds is 1. The highest BCUT2D eigenvalue weighted by atomic mass is 14.7. The molecule has 0 N–H and O–H groups in total. The molecule has 0 atom stereocenters. The van der Waals surface area contributed by atoms with E-state index in [2.05, 4.69) is 47.5 Å². The first-order chi connectivity index (χ1) is 6.83. The summed E-state index contributed by atoms with van der Waals surface area (Å²) in [5, 5.41) is 2.55. The van der Waals surface area contributed by atoms with Crippen LogP contribution in [0.5, 0.6) is 0 Å². The number of benzene rings is 2. The Balaban J connectivity index is 2.77. The molecule has 0 aliphatic carbocycles. The Morgan fingerprint density at radius 2 is 1.71 bits per heavy atom. The first-order valence-electron chi connectivity index (χ1n) is 4.74. The quantitative estimate of drug-likeness (QED) is 0.602. The molecule has 0 heterocycles. The molecule has 0 amide bonds. The number of hydrogen-bond donors (Lipinski definition) is 0. The van der Waals surface area contributed by atoms with Gasteiger partial charge in [-0.15, -0.1) is 0 Å². The van der Waals surface area contributed by atoms with E-state index in [1.807, 2.05) is 14.0 Å². The molecule has 0 aromatic heterocycles. The van der Waals surface area contributed by atoms with Gasteiger partial charge in [-0.05, 0) is 17.7 Å². The van der Waals surface area contributed by atoms with Gasteiger partial charge in [0.25, 0.3) is 0 Å². The van der Waals surface area contributed by atoms with Crippen molar-refractivity contribution >= 4 is 16.5 Å². The summed E-state index contributed by atoms with van der Waals surface area (Å²) in [4.78, 5) is 4.23. The fraction of sp³-hybridized carbons (Fsp3) is 0.154. The summed E-state index contributed by atoms with van der Waals surface area (Å²) < 4.78 is 0. The summed E-state index contributed by atoms with van der Waals surface area (Å²) in [5.74, 6) is 0. The van der Waals surface area contributed by atoms with Crippen LogP contribution in [0.2, 0.25) is 0 Å². The highest BCUT2D eigenvalue weighted by molar-refractivity contribution is 6.09. The lowest BCUT2D eigenvalue weighted by Gasteiger charge is -2.04. The van der Waals surface area contributed by atoms with E-state index in [1.54, 1.807) is 0 Å². The molecular weight excluding hydrogens is 170 g/mol. The summed E-state index contributed by atoms with van der Waals surface area (Å²) in [5.41, 5.74) is 2.31. The van der Waals surface area contributed by atoms with Crippen molar-refractivity contribution in [1.82, 2.24) is 0 Å². The van der Waals surface area contributed by atoms with E-state index in [1.165, 1.54) is 16.3 Å². The zero-order valence-electron chi connectivity index (χ0n) is 8.49. The molecule has 0 saturated carbocycles. The van der Waals surface area contributed by atoms with Crippen molar-refractivity contribution in [2.24, 2.45) is 4.99 Å². The zero-order chi connectivity index (χ0) is 9.97. The van der Waals surface area contributed by atoms with Crippen LogP contribution in [0, 0.1) is 0 Å². The van der Waals surface area contributed by atoms with Crippen LogP contribution in [0.4, 0.5) is 0 Å². The lowest BCUT2D eigenvalue weighted by Crippen LogP contribution is -1.94. The van der Waals surface area contributed by atoms with Crippen LogP contribution in [0.1, 0.15) is 12.5 Å². The Morgan fingerprint density at radius 3 is 2.50 bits per heavy atom. The highest BCUT2D eigenvalue weighted by Gasteiger charge is 2.01. The number of aliphatic imine (C=N–C) groups is 1. The molecule has 14 heavy (non-hydrogen) atoms. The van der Waals surface area contributed by atoms with Crippen LogP contribution < -0.4 is 0 Å². The Hall–Kier alpha value is -1.63. The molecule has 0 aliphatic heterocycles. The fourth-order valence-electron chi connectivity index (χ4n) is 1.66. The summed E-state index contributed by atoms with van der Waals surface area (Å²) in [6.07, 6.45) is 0. The third kappa shape index (κ3) is 1.41. The maximum atomic E-state index is 4.23. The van der Waals surface area contributed by atoms with Crippen molar-refractivity contribution in [3.63, 3.8) is 0 Å². The summed E-state index contributed by atoms with van der Waals surface area (Å²) >= 11 is 0. The van der Waals surface area contributed by atoms with Crippen molar-refractivity contribution in [1.29, 1.82) is 0 Å². The minimum absolute atomic E-state index is 1.08. The van der Waals surface area contributed by atoms with Gasteiger partial charge in [-0.25, -0.2) is 0 Å². The molecule has 0 bridgehead atoms. The highest BCUT2D eigenvalue weighted by Crippen LogP contribution is 2.18. The van der Waals surface area contributed by atoms with E-state index in [9.17, 15) is 0 Å². The van der Waals surface area contributed by atoms with Crippen molar-refractivity contribution < 1.29 is 0 Å². The number of nitrogens with zero attached hydrogens (tertiary/aromatic N) is 1. The maximum Gasteiger partial charge on any atom is 0.0392 e. The number of hydrogen-bond acceptors (Lipinski definition) is 1. The molecule has 0 fully saturated rings. The second-order valence-electron chi connectivity index (χ2n) is 3.34. The molecule has 1 heteroatoms. The van der Waals surface area contributed by atoms with Crippen molar-refractivity contribution in [2.45, 2.75) is 6.92 Å². The van der Waals surface area contributed by atoms with Crippen molar-refractivity contribution in [3.05, 3.63) is 48.0 Å². The van der Waals surface area contributed by atoms with E-state index in [0.29, 0.717) is 0 Å². The maximum absolute atomic E-state index is 4.23. The van der Waals surface area contributed by atoms with Gasteiger partial charge >= 0.3 is 0 Å². The van der Waals surface area contributed by atoms with E-state index in [4.69, 9.17) is 0 Å². The Labute approximate surface area is 84.1 Å². The monoisotopic (exact) mass is 183 g/mol. The topological polar surface area (TPSA) is 12.4 Å². The van der Waals surface area contributed by atoms with Gasteiger partial charge in [-0.1, -0.05) is 42.5 Å². The van der Waals surface area contributed by atoms with Gasteiger partial charge in [-0.2, -0.15) is 0 Å². The van der Waals surface area contributed by atoms with E-state index in [0.717, 1.165) is 5.71 Å². The summed E-state index contributed by atoms with van der Waals surface area (Å²) in [6.45, 7) is 2.04. The predicted molar refractivity (Wildman–Crippen MR) is 62.1 cm³/mol. The normalized spacial score (nSPS) is 12.0. The second-order valence-corrected chi connectivity index (χ2v) is 3.34. The Morgan fingerprint density at radius 1 is 1.00 bits per heavy atom. The van der Waals surface area contributed by atoms with Crippen LogP contribution in [-0.2, 0) is 0 Å². The van der Waals surface area contributed by atoms with E-state index < -0.39 is 0 Å². The average molecular weight is 183 g/mol. The Kier molecular flexibility index (Phi) is 2.32. The molecule has 2 aromatic rings. The molecule has 2 rings (SSSR count). The smallest absolute Gasteiger partial charge is 0.0392 e. The predicted octanol–water partition coefficient (Wildman–Crippen LogP) is 3.28. The molecule has 1 nitrogen and oxygen atoms in total. The second kappa shape index (κ2) is 3.62. The molecule has 0 aliphatic rings. The minimum Gasteiger partial charge on any atom is -0.293 e. The van der Waals surface area contributed by atoms with Crippen LogP contribution in [-0.4, -0.2) is 12.8 Å². The van der Waals surface area contributed by atoms with E-state index in [-0.39, 0.29) is 0 Å². The third-order valence-corrected chi connectivity index (χ3v) is 2.51. The first-order valence-corrected chi connectivity index (χ1v) is 4.74. The van der Waals surface area contributed by atoms with E-state index >= 15 is 0 Å². The van der Waals surface area contributed by atoms with Gasteiger partial charge < -0.3 is 0 Å². The largest absolute Gasteiger partial charge is 0.293 e. The zero-order valence-corrected chi connectivity index (χ0v) is 8.49. The van der Waals surface area contributed by atoms with Gasteiger partial charge in [0.15, 0.2) is 0 Å². The average Bonchev–Trinajstić information content (AvgIpc) is 2.27. The molecule has 0 unspecified atom stereocenters. The van der Waals surface area contributed by atoms with Gasteiger partial charge in [-0.3, -0.25) is 4.99 Å². The fourth-order valence-corrected chi connectivity index (χ4v) is 1.66. The van der Waals surface area contributed by atoms with Gasteiger partial charge in [0, 0.05) is 18.3 Å². The SMILES string of the molecule is C/N=C(\C)c1cccc2ccccc12. The van der Waals surface area contributed by atoms with Crippen molar-refractivity contribution in [2.75, 3.05) is 7.05 Å². The Bertz CT molecular complexity index is 478. The third-order valence-electron chi connectivity index (χ3n) is 2.51. The van der Waals surface area contributed by atoms with Gasteiger partial charge in [0.05, 0.1) is 0 Å². The standard InChI is InChI=1S/C13H13N/c1-10(14-2)12-9-5-7-11-6-3-4-8-13(11)12/h3-9H,1-2H3/b14-10+. The first kappa shape index (κ1) is 8.95. The minimum atomic E-state index is 1.08. The molecule has 0 saturated heterocycles. The van der Waals surface area contributed by atoms with Gasteiger partial charge in [0.1, 0.15) is 0 Å². The van der Waals surface area contributed by atoms with Crippen LogP contribution in [0.15, 0.2) is 47.5 Å².